The first-order chi connectivity index (χ1) is 9.03. The van der Waals surface area contributed by atoms with Crippen LogP contribution in [0.5, 0.6) is 5.75 Å². The highest BCUT2D eigenvalue weighted by atomic mass is 32.2. The Labute approximate surface area is 111 Å². The van der Waals surface area contributed by atoms with Crippen molar-refractivity contribution in [3.8, 4) is 5.75 Å². The number of benzene rings is 1. The summed E-state index contributed by atoms with van der Waals surface area (Å²) in [6, 6.07) is 6.13. The summed E-state index contributed by atoms with van der Waals surface area (Å²) in [7, 11) is -2.29. The normalized spacial score (nSPS) is 11.4. The van der Waals surface area contributed by atoms with Gasteiger partial charge in [0.25, 0.3) is 0 Å². The van der Waals surface area contributed by atoms with Gasteiger partial charge < -0.3 is 14.9 Å². The third-order valence-electron chi connectivity index (χ3n) is 2.52. The fourth-order valence-electron chi connectivity index (χ4n) is 1.55. The molecule has 6 nitrogen and oxygen atoms in total. The molecule has 3 N–H and O–H groups in total. The van der Waals surface area contributed by atoms with E-state index in [0.29, 0.717) is 5.69 Å². The summed E-state index contributed by atoms with van der Waals surface area (Å²) in [6.45, 7) is 0.136. The van der Waals surface area contributed by atoms with Gasteiger partial charge in [-0.05, 0) is 24.3 Å². The molecule has 2 aromatic rings. The minimum absolute atomic E-state index is 0.0125. The highest BCUT2D eigenvalue weighted by Crippen LogP contribution is 2.25. The molecule has 0 amide bonds. The molecule has 0 aliphatic carbocycles. The number of rotatable bonds is 5. The lowest BCUT2D eigenvalue weighted by molar-refractivity contribution is 0.402. The molecule has 7 heteroatoms. The van der Waals surface area contributed by atoms with E-state index in [2.05, 4.69) is 4.72 Å². The van der Waals surface area contributed by atoms with Crippen LogP contribution < -0.4 is 15.2 Å². The van der Waals surface area contributed by atoms with E-state index in [0.717, 1.165) is 5.56 Å². The SMILES string of the molecule is COc1ccc(N)cc1S(=O)(=O)NCc1ccoc1. The average molecular weight is 282 g/mol. The Morgan fingerprint density at radius 3 is 2.79 bits per heavy atom. The van der Waals surface area contributed by atoms with E-state index < -0.39 is 10.0 Å². The molecule has 19 heavy (non-hydrogen) atoms. The minimum atomic E-state index is -3.70. The second kappa shape index (κ2) is 5.33. The first-order valence-corrected chi connectivity index (χ1v) is 6.95. The molecule has 1 aromatic carbocycles. The zero-order chi connectivity index (χ0) is 13.9. The molecular weight excluding hydrogens is 268 g/mol. The van der Waals surface area contributed by atoms with Gasteiger partial charge in [-0.2, -0.15) is 0 Å². The van der Waals surface area contributed by atoms with Gasteiger partial charge in [0.2, 0.25) is 10.0 Å². The van der Waals surface area contributed by atoms with E-state index in [1.54, 1.807) is 12.1 Å². The molecule has 1 aromatic heterocycles. The van der Waals surface area contributed by atoms with Crippen molar-refractivity contribution < 1.29 is 17.6 Å². The standard InChI is InChI=1S/C12H14N2O4S/c1-17-11-3-2-10(13)6-12(11)19(15,16)14-7-9-4-5-18-8-9/h2-6,8,14H,7,13H2,1H3. The molecule has 1 heterocycles. The summed E-state index contributed by atoms with van der Waals surface area (Å²) in [5.74, 6) is 0.244. The number of furan rings is 1. The van der Waals surface area contributed by atoms with Crippen LogP contribution in [0, 0.1) is 0 Å². The Morgan fingerprint density at radius 2 is 2.16 bits per heavy atom. The third-order valence-corrected chi connectivity index (χ3v) is 3.95. The molecule has 102 valence electrons. The van der Waals surface area contributed by atoms with E-state index in [1.165, 1.54) is 31.8 Å². The quantitative estimate of drug-likeness (QED) is 0.807. The van der Waals surface area contributed by atoms with Crippen LogP contribution in [0.1, 0.15) is 5.56 Å². The third kappa shape index (κ3) is 3.07. The Kier molecular flexibility index (Phi) is 3.77. The summed E-state index contributed by atoms with van der Waals surface area (Å²) < 4.78 is 36.7. The van der Waals surface area contributed by atoms with Crippen molar-refractivity contribution in [2.75, 3.05) is 12.8 Å². The second-order valence-electron chi connectivity index (χ2n) is 3.87. The van der Waals surface area contributed by atoms with Gasteiger partial charge in [-0.25, -0.2) is 13.1 Å². The van der Waals surface area contributed by atoms with E-state index in [4.69, 9.17) is 14.9 Å². The predicted octanol–water partition coefficient (Wildman–Crippen LogP) is 1.35. The van der Waals surface area contributed by atoms with E-state index in [9.17, 15) is 8.42 Å². The van der Waals surface area contributed by atoms with Crippen molar-refractivity contribution in [1.82, 2.24) is 4.72 Å². The number of ether oxygens (including phenoxy) is 1. The van der Waals surface area contributed by atoms with Crippen LogP contribution in [0.2, 0.25) is 0 Å². The van der Waals surface area contributed by atoms with Gasteiger partial charge in [-0.1, -0.05) is 0 Å². The topological polar surface area (TPSA) is 94.6 Å². The van der Waals surface area contributed by atoms with E-state index in [1.807, 2.05) is 0 Å². The molecule has 0 unspecified atom stereocenters. The Hall–Kier alpha value is -1.99. The molecule has 0 atom stereocenters. The fourth-order valence-corrected chi connectivity index (χ4v) is 2.77. The lowest BCUT2D eigenvalue weighted by atomic mass is 10.3. The Bertz CT molecular complexity index is 650. The highest BCUT2D eigenvalue weighted by molar-refractivity contribution is 7.89. The van der Waals surface area contributed by atoms with Crippen molar-refractivity contribution in [2.45, 2.75) is 11.4 Å². The summed E-state index contributed by atoms with van der Waals surface area (Å²) >= 11 is 0. The van der Waals surface area contributed by atoms with Crippen LogP contribution in [-0.2, 0) is 16.6 Å². The average Bonchev–Trinajstić information content (AvgIpc) is 2.89. The number of nitrogens with one attached hydrogen (secondary N) is 1. The number of methoxy groups -OCH3 is 1. The molecule has 0 saturated heterocycles. The maximum atomic E-state index is 12.2. The molecule has 0 spiro atoms. The second-order valence-corrected chi connectivity index (χ2v) is 5.60. The number of nitrogens with two attached hydrogens (primary N) is 1. The van der Waals surface area contributed by atoms with Crippen LogP contribution in [0.15, 0.2) is 46.1 Å². The Balaban J connectivity index is 2.26. The van der Waals surface area contributed by atoms with Crippen LogP contribution >= 0.6 is 0 Å². The number of hydrogen-bond acceptors (Lipinski definition) is 5. The van der Waals surface area contributed by atoms with Crippen LogP contribution in [0.4, 0.5) is 5.69 Å². The molecular formula is C12H14N2O4S. The van der Waals surface area contributed by atoms with Crippen molar-refractivity contribution in [2.24, 2.45) is 0 Å². The highest BCUT2D eigenvalue weighted by Gasteiger charge is 2.19. The molecule has 0 radical (unpaired) electrons. The van der Waals surface area contributed by atoms with Crippen LogP contribution in [-0.4, -0.2) is 15.5 Å². The van der Waals surface area contributed by atoms with Gasteiger partial charge in [0.15, 0.2) is 0 Å². The monoisotopic (exact) mass is 282 g/mol. The molecule has 2 rings (SSSR count). The van der Waals surface area contributed by atoms with Gasteiger partial charge in [0.1, 0.15) is 10.6 Å². The zero-order valence-corrected chi connectivity index (χ0v) is 11.1. The molecule has 0 aliphatic rings. The Morgan fingerprint density at radius 1 is 1.37 bits per heavy atom. The van der Waals surface area contributed by atoms with Gasteiger partial charge in [-0.15, -0.1) is 0 Å². The van der Waals surface area contributed by atoms with Gasteiger partial charge >= 0.3 is 0 Å². The summed E-state index contributed by atoms with van der Waals surface area (Å²) in [5, 5.41) is 0. The van der Waals surface area contributed by atoms with Crippen molar-refractivity contribution in [1.29, 1.82) is 0 Å². The summed E-state index contributed by atoms with van der Waals surface area (Å²) in [4.78, 5) is 0.0125. The molecule has 0 aliphatic heterocycles. The van der Waals surface area contributed by atoms with Crippen molar-refractivity contribution >= 4 is 15.7 Å². The first kappa shape index (κ1) is 13.4. The number of hydrogen-bond donors (Lipinski definition) is 2. The molecule has 0 fully saturated rings. The van der Waals surface area contributed by atoms with Crippen LogP contribution in [0.25, 0.3) is 0 Å². The maximum absolute atomic E-state index is 12.2. The van der Waals surface area contributed by atoms with E-state index in [-0.39, 0.29) is 17.2 Å². The summed E-state index contributed by atoms with van der Waals surface area (Å²) in [5.41, 5.74) is 6.69. The molecule has 0 bridgehead atoms. The fraction of sp³-hybridized carbons (Fsp3) is 0.167. The van der Waals surface area contributed by atoms with Gasteiger partial charge in [-0.3, -0.25) is 0 Å². The lowest BCUT2D eigenvalue weighted by Gasteiger charge is -2.10. The number of sulfonamides is 1. The largest absolute Gasteiger partial charge is 0.495 e. The maximum Gasteiger partial charge on any atom is 0.244 e. The van der Waals surface area contributed by atoms with Crippen molar-refractivity contribution in [3.63, 3.8) is 0 Å². The van der Waals surface area contributed by atoms with Crippen LogP contribution in [0.3, 0.4) is 0 Å². The summed E-state index contributed by atoms with van der Waals surface area (Å²) in [6.07, 6.45) is 2.95. The minimum Gasteiger partial charge on any atom is -0.495 e. The smallest absolute Gasteiger partial charge is 0.244 e. The van der Waals surface area contributed by atoms with Crippen molar-refractivity contribution in [3.05, 3.63) is 42.4 Å². The van der Waals surface area contributed by atoms with Gasteiger partial charge in [0.05, 0.1) is 19.6 Å². The molecule has 0 saturated carbocycles. The van der Waals surface area contributed by atoms with Gasteiger partial charge in [0, 0.05) is 17.8 Å². The first-order valence-electron chi connectivity index (χ1n) is 5.47. The predicted molar refractivity (Wildman–Crippen MR) is 70.1 cm³/mol. The lowest BCUT2D eigenvalue weighted by Crippen LogP contribution is -2.23. The van der Waals surface area contributed by atoms with E-state index >= 15 is 0 Å². The number of anilines is 1. The zero-order valence-electron chi connectivity index (χ0n) is 10.3. The number of nitrogen functional groups attached to an aromatic ring is 1.